The summed E-state index contributed by atoms with van der Waals surface area (Å²) in [5, 5.41) is 11.9. The van der Waals surface area contributed by atoms with Gasteiger partial charge in [-0.25, -0.2) is 0 Å². The van der Waals surface area contributed by atoms with Crippen LogP contribution in [0.15, 0.2) is 64.3 Å². The van der Waals surface area contributed by atoms with E-state index in [9.17, 15) is 18.0 Å². The third-order valence-electron chi connectivity index (χ3n) is 5.74. The second-order valence-corrected chi connectivity index (χ2v) is 9.29. The standard InChI is InChI=1S/C25H20F3N5O2S/c1-14-7-8-20(15(2)11-14)35-10-9-32-13-16(17-5-3-4-6-19(17)32)12-18-21(29)33-24(30-22(18)34)36-23(31-33)25(26,27)28/h3-8,11-13,29H,9-10H2,1-2H3/b18-12-,29-21?. The minimum atomic E-state index is -4.69. The van der Waals surface area contributed by atoms with Crippen molar-refractivity contribution in [3.8, 4) is 5.75 Å². The van der Waals surface area contributed by atoms with Crippen LogP contribution in [0.4, 0.5) is 13.2 Å². The van der Waals surface area contributed by atoms with Crippen molar-refractivity contribution < 1.29 is 22.7 Å². The Bertz CT molecular complexity index is 1500. The Labute approximate surface area is 208 Å². The number of thioether (sulfide) groups is 1. The Morgan fingerprint density at radius 2 is 1.94 bits per heavy atom. The van der Waals surface area contributed by atoms with E-state index in [0.717, 1.165) is 32.8 Å². The third kappa shape index (κ3) is 4.41. The minimum absolute atomic E-state index is 0.138. The Morgan fingerprint density at radius 1 is 1.17 bits per heavy atom. The first-order valence-electron chi connectivity index (χ1n) is 11.0. The number of halogens is 3. The van der Waals surface area contributed by atoms with Gasteiger partial charge in [0.15, 0.2) is 5.84 Å². The number of carbonyl (C=O) groups excluding carboxylic acids is 1. The van der Waals surface area contributed by atoms with Crippen molar-refractivity contribution >= 4 is 50.7 Å². The van der Waals surface area contributed by atoms with Crippen molar-refractivity contribution in [2.75, 3.05) is 6.61 Å². The van der Waals surface area contributed by atoms with Crippen LogP contribution in [0.2, 0.25) is 0 Å². The lowest BCUT2D eigenvalue weighted by molar-refractivity contribution is -0.114. The SMILES string of the molecule is Cc1ccc(OCCn2cc(/C=C3/C(=N)N4N=C(C(F)(F)F)SC4=NC3=O)c3ccccc32)c(C)c1. The van der Waals surface area contributed by atoms with Crippen molar-refractivity contribution in [3.05, 3.63) is 70.9 Å². The van der Waals surface area contributed by atoms with Crippen LogP contribution in [0.1, 0.15) is 16.7 Å². The van der Waals surface area contributed by atoms with E-state index in [2.05, 4.69) is 16.2 Å². The number of benzene rings is 2. The fourth-order valence-corrected chi connectivity index (χ4v) is 4.81. The molecule has 2 aliphatic heterocycles. The Morgan fingerprint density at radius 3 is 2.69 bits per heavy atom. The van der Waals surface area contributed by atoms with E-state index >= 15 is 0 Å². The molecule has 36 heavy (non-hydrogen) atoms. The fraction of sp³-hybridized carbons (Fsp3) is 0.200. The van der Waals surface area contributed by atoms with E-state index in [1.807, 2.05) is 61.0 Å². The molecule has 184 valence electrons. The molecule has 0 unspecified atom stereocenters. The number of carbonyl (C=O) groups is 1. The minimum Gasteiger partial charge on any atom is -0.491 e. The Kier molecular flexibility index (Phi) is 5.95. The van der Waals surface area contributed by atoms with Crippen molar-refractivity contribution in [3.63, 3.8) is 0 Å². The lowest BCUT2D eigenvalue weighted by Gasteiger charge is -2.20. The second kappa shape index (κ2) is 8.98. The molecule has 0 spiro atoms. The maximum atomic E-state index is 13.1. The lowest BCUT2D eigenvalue weighted by atomic mass is 10.1. The summed E-state index contributed by atoms with van der Waals surface area (Å²) in [6.07, 6.45) is -1.39. The van der Waals surface area contributed by atoms with Gasteiger partial charge in [-0.15, -0.1) is 0 Å². The number of amides is 1. The number of hydrogen-bond donors (Lipinski definition) is 1. The van der Waals surface area contributed by atoms with E-state index in [0.29, 0.717) is 18.7 Å². The number of amidine groups is 2. The first-order valence-corrected chi connectivity index (χ1v) is 11.8. The van der Waals surface area contributed by atoms with Gasteiger partial charge in [0.05, 0.1) is 12.1 Å². The molecule has 5 rings (SSSR count). The fourth-order valence-electron chi connectivity index (χ4n) is 4.05. The predicted molar refractivity (Wildman–Crippen MR) is 134 cm³/mol. The van der Waals surface area contributed by atoms with Crippen molar-refractivity contribution in [2.45, 2.75) is 26.6 Å². The van der Waals surface area contributed by atoms with Gasteiger partial charge in [-0.3, -0.25) is 10.2 Å². The molecule has 0 saturated heterocycles. The van der Waals surface area contributed by atoms with Gasteiger partial charge in [-0.05, 0) is 49.4 Å². The zero-order chi connectivity index (χ0) is 25.6. The maximum absolute atomic E-state index is 13.1. The number of aliphatic imine (C=N–C) groups is 1. The van der Waals surface area contributed by atoms with Gasteiger partial charge >= 0.3 is 6.18 Å². The molecule has 3 aromatic rings. The number of nitrogens with one attached hydrogen (secondary N) is 1. The summed E-state index contributed by atoms with van der Waals surface area (Å²) in [7, 11) is 0. The highest BCUT2D eigenvalue weighted by atomic mass is 32.2. The third-order valence-corrected chi connectivity index (χ3v) is 6.69. The van der Waals surface area contributed by atoms with E-state index < -0.39 is 23.0 Å². The van der Waals surface area contributed by atoms with Gasteiger partial charge in [-0.1, -0.05) is 35.9 Å². The number of rotatable bonds is 5. The summed E-state index contributed by atoms with van der Waals surface area (Å²) in [5.41, 5.74) is 3.59. The molecular weight excluding hydrogens is 491 g/mol. The van der Waals surface area contributed by atoms with Crippen LogP contribution in [-0.2, 0) is 11.3 Å². The molecule has 0 atom stereocenters. The zero-order valence-electron chi connectivity index (χ0n) is 19.3. The molecule has 2 aromatic carbocycles. The largest absolute Gasteiger partial charge is 0.491 e. The van der Waals surface area contributed by atoms with Gasteiger partial charge in [0.1, 0.15) is 12.4 Å². The molecule has 11 heteroatoms. The Hall–Kier alpha value is -3.86. The summed E-state index contributed by atoms with van der Waals surface area (Å²) >= 11 is 0.227. The molecule has 1 amide bonds. The molecule has 0 saturated carbocycles. The van der Waals surface area contributed by atoms with Crippen molar-refractivity contribution in [1.82, 2.24) is 9.58 Å². The summed E-state index contributed by atoms with van der Waals surface area (Å²) in [6, 6.07) is 13.5. The normalized spacial score (nSPS) is 17.0. The second-order valence-electron chi connectivity index (χ2n) is 8.34. The molecule has 3 heterocycles. The first-order chi connectivity index (χ1) is 17.1. The molecule has 0 fully saturated rings. The van der Waals surface area contributed by atoms with E-state index in [-0.39, 0.29) is 22.5 Å². The number of hydrogen-bond acceptors (Lipinski definition) is 5. The highest BCUT2D eigenvalue weighted by Gasteiger charge is 2.46. The maximum Gasteiger partial charge on any atom is 0.441 e. The quantitative estimate of drug-likeness (QED) is 0.458. The number of nitrogens with zero attached hydrogens (tertiary/aromatic N) is 4. The van der Waals surface area contributed by atoms with Crippen LogP contribution in [0.5, 0.6) is 5.75 Å². The molecule has 1 N–H and O–H groups in total. The van der Waals surface area contributed by atoms with Crippen LogP contribution in [0.3, 0.4) is 0 Å². The molecule has 1 aromatic heterocycles. The summed E-state index contributed by atoms with van der Waals surface area (Å²) in [6.45, 7) is 4.93. The van der Waals surface area contributed by atoms with Crippen LogP contribution >= 0.6 is 11.8 Å². The summed E-state index contributed by atoms with van der Waals surface area (Å²) < 4.78 is 47.2. The van der Waals surface area contributed by atoms with Gasteiger partial charge < -0.3 is 9.30 Å². The average molecular weight is 512 g/mol. The van der Waals surface area contributed by atoms with Gasteiger partial charge in [0.25, 0.3) is 5.91 Å². The summed E-state index contributed by atoms with van der Waals surface area (Å²) in [5.74, 6) is -0.435. The van der Waals surface area contributed by atoms with Crippen LogP contribution in [0, 0.1) is 19.3 Å². The smallest absolute Gasteiger partial charge is 0.441 e. The topological polar surface area (TPSA) is 83.0 Å². The van der Waals surface area contributed by atoms with E-state index in [1.54, 1.807) is 0 Å². The number of para-hydroxylation sites is 1. The van der Waals surface area contributed by atoms with Gasteiger partial charge in [0.2, 0.25) is 10.2 Å². The molecule has 7 nitrogen and oxygen atoms in total. The molecule has 0 bridgehead atoms. The number of aromatic nitrogens is 1. The highest BCUT2D eigenvalue weighted by Crippen LogP contribution is 2.35. The van der Waals surface area contributed by atoms with Gasteiger partial charge in [0, 0.05) is 22.7 Å². The monoisotopic (exact) mass is 511 g/mol. The highest BCUT2D eigenvalue weighted by molar-refractivity contribution is 8.27. The lowest BCUT2D eigenvalue weighted by Crippen LogP contribution is -2.35. The van der Waals surface area contributed by atoms with E-state index in [1.165, 1.54) is 6.08 Å². The molecular formula is C25H20F3N5O2S. The predicted octanol–water partition coefficient (Wildman–Crippen LogP) is 5.52. The number of fused-ring (bicyclic) bond motifs is 2. The Balaban J connectivity index is 1.43. The zero-order valence-corrected chi connectivity index (χ0v) is 20.1. The van der Waals surface area contributed by atoms with Crippen LogP contribution in [-0.4, -0.2) is 44.3 Å². The first kappa shape index (κ1) is 23.9. The van der Waals surface area contributed by atoms with Crippen LogP contribution in [0.25, 0.3) is 17.0 Å². The van der Waals surface area contributed by atoms with Crippen molar-refractivity contribution in [2.24, 2.45) is 10.1 Å². The summed E-state index contributed by atoms with van der Waals surface area (Å²) in [4.78, 5) is 16.4. The molecule has 0 aliphatic carbocycles. The molecule has 2 aliphatic rings. The number of ether oxygens (including phenoxy) is 1. The van der Waals surface area contributed by atoms with E-state index in [4.69, 9.17) is 10.1 Å². The van der Waals surface area contributed by atoms with Crippen LogP contribution < -0.4 is 4.74 Å². The van der Waals surface area contributed by atoms with Crippen molar-refractivity contribution in [1.29, 1.82) is 5.41 Å². The molecule has 0 radical (unpaired) electrons. The number of alkyl halides is 3. The number of hydrazone groups is 1. The number of aryl methyl sites for hydroxylation is 2. The van der Waals surface area contributed by atoms with Gasteiger partial charge in [-0.2, -0.15) is 28.3 Å². The average Bonchev–Trinajstić information content (AvgIpc) is 3.40.